The van der Waals surface area contributed by atoms with E-state index in [0.29, 0.717) is 11.7 Å². The first kappa shape index (κ1) is 16.5. The maximum Gasteiger partial charge on any atom is 0.257 e. The van der Waals surface area contributed by atoms with Crippen LogP contribution < -0.4 is 10.6 Å². The Morgan fingerprint density at radius 2 is 2.09 bits per heavy atom. The van der Waals surface area contributed by atoms with Crippen molar-refractivity contribution in [2.75, 3.05) is 20.1 Å². The summed E-state index contributed by atoms with van der Waals surface area (Å²) < 4.78 is 5.26. The molecule has 0 saturated carbocycles. The summed E-state index contributed by atoms with van der Waals surface area (Å²) in [6, 6.07) is 6.24. The van der Waals surface area contributed by atoms with Crippen LogP contribution in [0.2, 0.25) is 0 Å². The van der Waals surface area contributed by atoms with Crippen molar-refractivity contribution in [1.82, 2.24) is 20.8 Å². The lowest BCUT2D eigenvalue weighted by atomic mass is 10.00. The molecule has 2 aromatic rings. The highest BCUT2D eigenvalue weighted by atomic mass is 35.5. The molecule has 0 radical (unpaired) electrons. The van der Waals surface area contributed by atoms with Gasteiger partial charge in [0.1, 0.15) is 0 Å². The van der Waals surface area contributed by atoms with E-state index in [-0.39, 0.29) is 24.7 Å². The molecule has 1 aromatic carbocycles. The first-order valence-corrected chi connectivity index (χ1v) is 7.12. The molecule has 7 heteroatoms. The van der Waals surface area contributed by atoms with Gasteiger partial charge in [0, 0.05) is 12.6 Å². The van der Waals surface area contributed by atoms with Gasteiger partial charge in [-0.1, -0.05) is 11.2 Å². The van der Waals surface area contributed by atoms with Crippen molar-refractivity contribution in [2.45, 2.75) is 19.3 Å². The molecule has 0 bridgehead atoms. The van der Waals surface area contributed by atoms with Crippen LogP contribution in [-0.4, -0.2) is 36.2 Å². The number of halogens is 1. The summed E-state index contributed by atoms with van der Waals surface area (Å²) in [6.45, 7) is 2.01. The van der Waals surface area contributed by atoms with Crippen LogP contribution in [0.4, 0.5) is 0 Å². The third-order valence-corrected chi connectivity index (χ3v) is 3.66. The largest absolute Gasteiger partial charge is 0.359 e. The van der Waals surface area contributed by atoms with Crippen molar-refractivity contribution < 1.29 is 9.32 Å². The fourth-order valence-corrected chi connectivity index (χ4v) is 2.48. The van der Waals surface area contributed by atoms with Gasteiger partial charge in [0.2, 0.25) is 5.91 Å². The highest BCUT2D eigenvalue weighted by Gasteiger charge is 2.14. The molecular weight excluding hydrogens is 304 g/mol. The molecule has 0 atom stereocenters. The molecule has 118 valence electrons. The van der Waals surface area contributed by atoms with Crippen molar-refractivity contribution in [3.8, 4) is 11.5 Å². The summed E-state index contributed by atoms with van der Waals surface area (Å²) in [6.07, 6.45) is 2.18. The zero-order chi connectivity index (χ0) is 14.7. The minimum absolute atomic E-state index is 0. The first-order valence-electron chi connectivity index (χ1n) is 7.12. The molecule has 0 saturated heterocycles. The Morgan fingerprint density at radius 1 is 1.32 bits per heavy atom. The van der Waals surface area contributed by atoms with Crippen molar-refractivity contribution in [1.29, 1.82) is 0 Å². The summed E-state index contributed by atoms with van der Waals surface area (Å²) in [5.74, 6) is 0.741. The van der Waals surface area contributed by atoms with E-state index in [4.69, 9.17) is 4.52 Å². The Bertz CT molecular complexity index is 657. The lowest BCUT2D eigenvalue weighted by Crippen LogP contribution is -2.20. The van der Waals surface area contributed by atoms with Gasteiger partial charge in [-0.3, -0.25) is 4.79 Å². The monoisotopic (exact) mass is 322 g/mol. The first-order chi connectivity index (χ1) is 10.3. The molecule has 1 aliphatic rings. The zero-order valence-corrected chi connectivity index (χ0v) is 13.2. The van der Waals surface area contributed by atoms with Gasteiger partial charge in [0.25, 0.3) is 5.89 Å². The van der Waals surface area contributed by atoms with E-state index in [0.717, 1.165) is 31.5 Å². The fourth-order valence-electron chi connectivity index (χ4n) is 2.48. The predicted octanol–water partition coefficient (Wildman–Crippen LogP) is 1.14. The SMILES string of the molecule is CNC(=O)Cc1noc(-c2ccc3c(c2)CCNCC3)n1.Cl. The average Bonchev–Trinajstić information content (AvgIpc) is 2.83. The molecule has 0 spiro atoms. The number of carbonyl (C=O) groups excluding carboxylic acids is 1. The van der Waals surface area contributed by atoms with Crippen molar-refractivity contribution >= 4 is 18.3 Å². The Labute approximate surface area is 135 Å². The highest BCUT2D eigenvalue weighted by molar-refractivity contribution is 5.85. The molecule has 0 fully saturated rings. The smallest absolute Gasteiger partial charge is 0.257 e. The zero-order valence-electron chi connectivity index (χ0n) is 12.4. The standard InChI is InChI=1S/C15H18N4O2.ClH/c1-16-14(20)9-13-18-15(21-19-13)12-3-2-10-4-6-17-7-5-11(10)8-12;/h2-3,8,17H,4-7,9H2,1H3,(H,16,20);1H. The maximum atomic E-state index is 11.3. The minimum atomic E-state index is -0.129. The lowest BCUT2D eigenvalue weighted by Gasteiger charge is -2.05. The Balaban J connectivity index is 0.00000176. The van der Waals surface area contributed by atoms with Gasteiger partial charge in [-0.15, -0.1) is 12.4 Å². The molecular formula is C15H19ClN4O2. The molecule has 2 N–H and O–H groups in total. The summed E-state index contributed by atoms with van der Waals surface area (Å²) in [7, 11) is 1.59. The van der Waals surface area contributed by atoms with Crippen LogP contribution >= 0.6 is 12.4 Å². The van der Waals surface area contributed by atoms with Gasteiger partial charge < -0.3 is 15.2 Å². The van der Waals surface area contributed by atoms with E-state index in [9.17, 15) is 4.79 Å². The molecule has 1 amide bonds. The summed E-state index contributed by atoms with van der Waals surface area (Å²) >= 11 is 0. The number of rotatable bonds is 3. The number of fused-ring (bicyclic) bond motifs is 1. The van der Waals surface area contributed by atoms with E-state index in [1.54, 1.807) is 7.05 Å². The van der Waals surface area contributed by atoms with Gasteiger partial charge in [0.05, 0.1) is 6.42 Å². The topological polar surface area (TPSA) is 80.0 Å². The summed E-state index contributed by atoms with van der Waals surface area (Å²) in [4.78, 5) is 15.6. The van der Waals surface area contributed by atoms with Gasteiger partial charge in [-0.2, -0.15) is 4.98 Å². The number of carbonyl (C=O) groups is 1. The second kappa shape index (κ2) is 7.38. The normalized spacial score (nSPS) is 13.7. The van der Waals surface area contributed by atoms with Crippen LogP contribution in [-0.2, 0) is 24.1 Å². The van der Waals surface area contributed by atoms with Crippen LogP contribution in [0.25, 0.3) is 11.5 Å². The second-order valence-corrected chi connectivity index (χ2v) is 5.10. The maximum absolute atomic E-state index is 11.3. The van der Waals surface area contributed by atoms with Crippen molar-refractivity contribution in [3.63, 3.8) is 0 Å². The number of aromatic nitrogens is 2. The van der Waals surface area contributed by atoms with Crippen molar-refractivity contribution in [3.05, 3.63) is 35.2 Å². The molecule has 6 nitrogen and oxygen atoms in total. The van der Waals surface area contributed by atoms with Crippen LogP contribution in [0.15, 0.2) is 22.7 Å². The quantitative estimate of drug-likeness (QED) is 0.885. The van der Waals surface area contributed by atoms with E-state index in [1.165, 1.54) is 11.1 Å². The third kappa shape index (κ3) is 3.64. The second-order valence-electron chi connectivity index (χ2n) is 5.10. The molecule has 1 aliphatic heterocycles. The van der Waals surface area contributed by atoms with E-state index < -0.39 is 0 Å². The number of hydrogen-bond donors (Lipinski definition) is 2. The van der Waals surface area contributed by atoms with E-state index in [1.807, 2.05) is 6.07 Å². The van der Waals surface area contributed by atoms with Crippen molar-refractivity contribution in [2.24, 2.45) is 0 Å². The van der Waals surface area contributed by atoms with Gasteiger partial charge in [0.15, 0.2) is 5.82 Å². The van der Waals surface area contributed by atoms with Crippen LogP contribution in [0.1, 0.15) is 17.0 Å². The van der Waals surface area contributed by atoms with Gasteiger partial charge >= 0.3 is 0 Å². The molecule has 0 aliphatic carbocycles. The molecule has 3 rings (SSSR count). The molecule has 1 aromatic heterocycles. The third-order valence-electron chi connectivity index (χ3n) is 3.66. The van der Waals surface area contributed by atoms with Gasteiger partial charge in [-0.05, 0) is 49.2 Å². The van der Waals surface area contributed by atoms with Crippen LogP contribution in [0.5, 0.6) is 0 Å². The summed E-state index contributed by atoms with van der Waals surface area (Å²) in [5.41, 5.74) is 3.60. The minimum Gasteiger partial charge on any atom is -0.359 e. The van der Waals surface area contributed by atoms with Crippen LogP contribution in [0, 0.1) is 0 Å². The number of benzene rings is 1. The molecule has 2 heterocycles. The molecule has 22 heavy (non-hydrogen) atoms. The predicted molar refractivity (Wildman–Crippen MR) is 85.0 cm³/mol. The summed E-state index contributed by atoms with van der Waals surface area (Å²) in [5, 5.41) is 9.78. The lowest BCUT2D eigenvalue weighted by molar-refractivity contribution is -0.120. The highest BCUT2D eigenvalue weighted by Crippen LogP contribution is 2.23. The number of hydrogen-bond acceptors (Lipinski definition) is 5. The average molecular weight is 323 g/mol. The number of nitrogens with zero attached hydrogens (tertiary/aromatic N) is 2. The van der Waals surface area contributed by atoms with Gasteiger partial charge in [-0.25, -0.2) is 0 Å². The number of amides is 1. The van der Waals surface area contributed by atoms with Crippen LogP contribution in [0.3, 0.4) is 0 Å². The fraction of sp³-hybridized carbons (Fsp3) is 0.400. The Hall–Kier alpha value is -1.92. The van der Waals surface area contributed by atoms with E-state index in [2.05, 4.69) is 32.9 Å². The Kier molecular flexibility index (Phi) is 5.51. The number of likely N-dealkylation sites (N-methyl/N-ethyl adjacent to an activating group) is 1. The van der Waals surface area contributed by atoms with E-state index >= 15 is 0 Å². The molecule has 0 unspecified atom stereocenters. The Morgan fingerprint density at radius 3 is 2.86 bits per heavy atom. The number of nitrogens with one attached hydrogen (secondary N) is 2.